The third-order valence-corrected chi connectivity index (χ3v) is 4.32. The third-order valence-electron chi connectivity index (χ3n) is 3.59. The summed E-state index contributed by atoms with van der Waals surface area (Å²) in [6.07, 6.45) is 1.63. The summed E-state index contributed by atoms with van der Waals surface area (Å²) in [7, 11) is 0. The van der Waals surface area contributed by atoms with Gasteiger partial charge in [-0.25, -0.2) is 0 Å². The molecule has 2 unspecified atom stereocenters. The molecule has 2 aromatic heterocycles. The van der Waals surface area contributed by atoms with Gasteiger partial charge in [0.15, 0.2) is 0 Å². The maximum Gasteiger partial charge on any atom is 0.0989 e. The van der Waals surface area contributed by atoms with Crippen molar-refractivity contribution in [3.8, 4) is 0 Å². The fraction of sp³-hybridized carbons (Fsp3) is 0.267. The molecule has 0 saturated heterocycles. The minimum atomic E-state index is -0.699. The number of rotatable bonds is 4. The lowest BCUT2D eigenvalue weighted by Crippen LogP contribution is -2.13. The van der Waals surface area contributed by atoms with Crippen molar-refractivity contribution in [2.24, 2.45) is 5.92 Å². The normalized spacial score (nSPS) is 14.2. The van der Waals surface area contributed by atoms with Gasteiger partial charge in [0, 0.05) is 11.6 Å². The summed E-state index contributed by atoms with van der Waals surface area (Å²) in [6, 6.07) is 7.15. The van der Waals surface area contributed by atoms with Crippen LogP contribution >= 0.6 is 23.2 Å². The van der Waals surface area contributed by atoms with Gasteiger partial charge < -0.3 is 5.11 Å². The van der Waals surface area contributed by atoms with E-state index in [2.05, 4.69) is 20.4 Å². The Bertz CT molecular complexity index is 792. The molecule has 3 aromatic rings. The number of aliphatic hydroxyl groups is 1. The van der Waals surface area contributed by atoms with Crippen LogP contribution in [-0.2, 0) is 6.42 Å². The number of aromatic amines is 1. The van der Waals surface area contributed by atoms with Crippen LogP contribution in [0.15, 0.2) is 30.5 Å². The van der Waals surface area contributed by atoms with E-state index in [1.165, 1.54) is 0 Å². The molecular weight excluding hydrogens is 323 g/mol. The van der Waals surface area contributed by atoms with Crippen molar-refractivity contribution in [1.29, 1.82) is 0 Å². The zero-order valence-corrected chi connectivity index (χ0v) is 13.3. The first-order valence-corrected chi connectivity index (χ1v) is 7.59. The van der Waals surface area contributed by atoms with Gasteiger partial charge in [-0.1, -0.05) is 41.4 Å². The van der Waals surface area contributed by atoms with Crippen molar-refractivity contribution in [1.82, 2.24) is 20.4 Å². The van der Waals surface area contributed by atoms with Gasteiger partial charge in [-0.3, -0.25) is 10.1 Å². The molecular formula is C15H14Cl2N4O. The highest BCUT2D eigenvalue weighted by atomic mass is 35.5. The van der Waals surface area contributed by atoms with Gasteiger partial charge in [0.1, 0.15) is 0 Å². The Morgan fingerprint density at radius 2 is 2.00 bits per heavy atom. The molecule has 7 heteroatoms. The molecule has 0 saturated carbocycles. The second kappa shape index (κ2) is 6.20. The maximum absolute atomic E-state index is 10.5. The molecule has 0 fully saturated rings. The number of H-pyrrole nitrogens is 1. The number of benzene rings is 1. The summed E-state index contributed by atoms with van der Waals surface area (Å²) in [5.74, 6) is -0.0437. The van der Waals surface area contributed by atoms with Gasteiger partial charge >= 0.3 is 0 Å². The smallest absolute Gasteiger partial charge is 0.0989 e. The molecule has 0 bridgehead atoms. The zero-order valence-electron chi connectivity index (χ0n) is 11.8. The number of aliphatic hydroxyl groups excluding tert-OH is 1. The molecule has 0 aliphatic carbocycles. The van der Waals surface area contributed by atoms with E-state index in [9.17, 15) is 5.11 Å². The first-order chi connectivity index (χ1) is 10.5. The average Bonchev–Trinajstić information content (AvgIpc) is 3.00. The second-order valence-electron chi connectivity index (χ2n) is 5.29. The number of fused-ring (bicyclic) bond motifs is 1. The lowest BCUT2D eigenvalue weighted by Gasteiger charge is -2.17. The van der Waals surface area contributed by atoms with Crippen molar-refractivity contribution in [3.63, 3.8) is 0 Å². The first kappa shape index (κ1) is 15.2. The molecule has 22 heavy (non-hydrogen) atoms. The van der Waals surface area contributed by atoms with E-state index in [4.69, 9.17) is 23.2 Å². The van der Waals surface area contributed by atoms with Crippen LogP contribution in [-0.4, -0.2) is 25.5 Å². The molecule has 0 aliphatic heterocycles. The number of hydrogen-bond donors (Lipinski definition) is 2. The molecule has 114 valence electrons. The number of pyridine rings is 1. The summed E-state index contributed by atoms with van der Waals surface area (Å²) in [4.78, 5) is 4.49. The van der Waals surface area contributed by atoms with E-state index in [1.807, 2.05) is 13.0 Å². The van der Waals surface area contributed by atoms with Gasteiger partial charge in [-0.15, -0.1) is 5.10 Å². The maximum atomic E-state index is 10.5. The largest absolute Gasteiger partial charge is 0.387 e. The molecule has 3 rings (SSSR count). The molecule has 0 radical (unpaired) electrons. The Kier molecular flexibility index (Phi) is 4.29. The van der Waals surface area contributed by atoms with E-state index in [0.29, 0.717) is 27.7 Å². The number of nitrogens with zero attached hydrogens (tertiary/aromatic N) is 3. The van der Waals surface area contributed by atoms with Crippen molar-refractivity contribution in [2.45, 2.75) is 19.4 Å². The topological polar surface area (TPSA) is 74.7 Å². The number of halogens is 2. The Morgan fingerprint density at radius 3 is 2.73 bits per heavy atom. The molecule has 0 spiro atoms. The van der Waals surface area contributed by atoms with Crippen LogP contribution in [0.2, 0.25) is 10.0 Å². The summed E-state index contributed by atoms with van der Waals surface area (Å²) < 4.78 is 0. The summed E-state index contributed by atoms with van der Waals surface area (Å²) in [5, 5.41) is 22.6. The molecule has 2 atom stereocenters. The molecule has 5 nitrogen and oxygen atoms in total. The monoisotopic (exact) mass is 336 g/mol. The van der Waals surface area contributed by atoms with Crippen LogP contribution in [0.5, 0.6) is 0 Å². The number of aromatic nitrogens is 4. The zero-order chi connectivity index (χ0) is 15.7. The average molecular weight is 337 g/mol. The second-order valence-corrected chi connectivity index (χ2v) is 6.10. The highest BCUT2D eigenvalue weighted by Gasteiger charge is 2.19. The molecule has 1 aromatic carbocycles. The highest BCUT2D eigenvalue weighted by molar-refractivity contribution is 6.42. The van der Waals surface area contributed by atoms with Gasteiger partial charge in [0.2, 0.25) is 0 Å². The van der Waals surface area contributed by atoms with Gasteiger partial charge in [-0.05, 0) is 30.5 Å². The van der Waals surface area contributed by atoms with E-state index in [-0.39, 0.29) is 5.92 Å². The minimum absolute atomic E-state index is 0.0437. The third kappa shape index (κ3) is 3.06. The predicted molar refractivity (Wildman–Crippen MR) is 86.0 cm³/mol. The Morgan fingerprint density at radius 1 is 1.23 bits per heavy atom. The van der Waals surface area contributed by atoms with Gasteiger partial charge in [0.25, 0.3) is 0 Å². The van der Waals surface area contributed by atoms with Crippen LogP contribution in [0.3, 0.4) is 0 Å². The standard InChI is InChI=1S/C15H14Cl2N4O/c1-8(4-10-7-18-21-20-10)15(22)13-3-2-9-5-11(16)12(17)6-14(9)19-13/h2-3,5-8,15,22H,4H2,1H3,(H,18,20,21). The van der Waals surface area contributed by atoms with E-state index in [0.717, 1.165) is 11.1 Å². The first-order valence-electron chi connectivity index (χ1n) is 6.83. The summed E-state index contributed by atoms with van der Waals surface area (Å²) >= 11 is 12.0. The van der Waals surface area contributed by atoms with Crippen molar-refractivity contribution < 1.29 is 5.11 Å². The minimum Gasteiger partial charge on any atom is -0.387 e. The predicted octanol–water partition coefficient (Wildman–Crippen LogP) is 3.57. The molecule has 2 N–H and O–H groups in total. The van der Waals surface area contributed by atoms with Gasteiger partial charge in [-0.2, -0.15) is 0 Å². The van der Waals surface area contributed by atoms with Gasteiger partial charge in [0.05, 0.1) is 33.1 Å². The summed E-state index contributed by atoms with van der Waals surface area (Å²) in [5.41, 5.74) is 2.11. The van der Waals surface area contributed by atoms with Crippen molar-refractivity contribution in [3.05, 3.63) is 51.9 Å². The van der Waals surface area contributed by atoms with Crippen molar-refractivity contribution >= 4 is 34.1 Å². The fourth-order valence-electron chi connectivity index (χ4n) is 2.36. The van der Waals surface area contributed by atoms with Crippen LogP contribution in [0.1, 0.15) is 24.4 Å². The van der Waals surface area contributed by atoms with Crippen LogP contribution < -0.4 is 0 Å². The number of hydrogen-bond acceptors (Lipinski definition) is 4. The molecule has 0 aliphatic rings. The summed E-state index contributed by atoms with van der Waals surface area (Å²) in [6.45, 7) is 1.94. The lowest BCUT2D eigenvalue weighted by atomic mass is 9.96. The Labute approximate surface area is 137 Å². The van der Waals surface area contributed by atoms with E-state index >= 15 is 0 Å². The van der Waals surface area contributed by atoms with Crippen LogP contribution in [0.25, 0.3) is 10.9 Å². The molecule has 0 amide bonds. The Hall–Kier alpha value is -1.69. The highest BCUT2D eigenvalue weighted by Crippen LogP contribution is 2.29. The van der Waals surface area contributed by atoms with E-state index < -0.39 is 6.10 Å². The quantitative estimate of drug-likeness (QED) is 0.763. The van der Waals surface area contributed by atoms with Crippen molar-refractivity contribution in [2.75, 3.05) is 0 Å². The number of nitrogens with one attached hydrogen (secondary N) is 1. The van der Waals surface area contributed by atoms with Crippen LogP contribution in [0.4, 0.5) is 0 Å². The Balaban J connectivity index is 1.87. The molecule has 2 heterocycles. The van der Waals surface area contributed by atoms with E-state index in [1.54, 1.807) is 24.4 Å². The van der Waals surface area contributed by atoms with Crippen LogP contribution in [0, 0.1) is 5.92 Å². The SMILES string of the molecule is CC(Cc1c[nH]nn1)C(O)c1ccc2cc(Cl)c(Cl)cc2n1. The lowest BCUT2D eigenvalue weighted by molar-refractivity contribution is 0.113. The fourth-order valence-corrected chi connectivity index (χ4v) is 2.69.